The van der Waals surface area contributed by atoms with Crippen LogP contribution in [0, 0.1) is 12.8 Å². The predicted octanol–water partition coefficient (Wildman–Crippen LogP) is 4.04. The summed E-state index contributed by atoms with van der Waals surface area (Å²) in [6.45, 7) is 2.07. The number of pyridine rings is 1. The molecule has 0 aliphatic heterocycles. The van der Waals surface area contributed by atoms with E-state index in [-0.39, 0.29) is 11.8 Å². The maximum atomic E-state index is 12.6. The van der Waals surface area contributed by atoms with Gasteiger partial charge in [-0.15, -0.1) is 0 Å². The maximum absolute atomic E-state index is 12.6. The second-order valence-electron chi connectivity index (χ2n) is 6.37. The smallest absolute Gasteiger partial charge is 0.227 e. The maximum Gasteiger partial charge on any atom is 0.227 e. The van der Waals surface area contributed by atoms with E-state index in [1.807, 2.05) is 12.1 Å². The second kappa shape index (κ2) is 5.95. The number of benzene rings is 1. The third kappa shape index (κ3) is 2.78. The van der Waals surface area contributed by atoms with Crippen LogP contribution in [0.2, 0.25) is 5.02 Å². The minimum absolute atomic E-state index is 0.0330. The molecule has 24 heavy (non-hydrogen) atoms. The van der Waals surface area contributed by atoms with Crippen LogP contribution in [0.25, 0.3) is 5.65 Å². The van der Waals surface area contributed by atoms with Crippen LogP contribution >= 0.6 is 11.6 Å². The van der Waals surface area contributed by atoms with Gasteiger partial charge in [0.1, 0.15) is 5.65 Å². The van der Waals surface area contributed by atoms with Crippen LogP contribution in [0.3, 0.4) is 0 Å². The molecule has 4 nitrogen and oxygen atoms in total. The summed E-state index contributed by atoms with van der Waals surface area (Å²) < 4.78 is 2.12. The number of aromatic nitrogens is 2. The largest absolute Gasteiger partial charge is 0.326 e. The van der Waals surface area contributed by atoms with Crippen molar-refractivity contribution in [2.24, 2.45) is 5.92 Å². The monoisotopic (exact) mass is 339 g/mol. The van der Waals surface area contributed by atoms with E-state index in [2.05, 4.69) is 35.0 Å². The highest BCUT2D eigenvalue weighted by molar-refractivity contribution is 6.30. The topological polar surface area (TPSA) is 46.4 Å². The molecule has 2 heterocycles. The van der Waals surface area contributed by atoms with E-state index >= 15 is 0 Å². The molecule has 1 unspecified atom stereocenters. The van der Waals surface area contributed by atoms with Crippen LogP contribution in [0.5, 0.6) is 0 Å². The first-order valence-corrected chi connectivity index (χ1v) is 8.51. The summed E-state index contributed by atoms with van der Waals surface area (Å²) in [5, 5.41) is 3.66. The standard InChI is InChI=1S/C19H18ClN3O/c1-12-8-9-23-17-11-13(2-7-16(17)22-18(23)10-12)19(24)21-15-5-3-14(20)4-6-15/h3-6,8-10,13H,2,7,11H2,1H3,(H,21,24). The van der Waals surface area contributed by atoms with Gasteiger partial charge in [-0.25, -0.2) is 4.98 Å². The van der Waals surface area contributed by atoms with Crippen molar-refractivity contribution in [2.45, 2.75) is 26.2 Å². The van der Waals surface area contributed by atoms with E-state index in [9.17, 15) is 4.79 Å². The van der Waals surface area contributed by atoms with E-state index in [4.69, 9.17) is 16.6 Å². The SMILES string of the molecule is Cc1ccn2c3c(nc2c1)CCC(C(=O)Nc1ccc(Cl)cc1)C3. The molecule has 0 fully saturated rings. The molecule has 1 aliphatic rings. The van der Waals surface area contributed by atoms with Gasteiger partial charge in [0.2, 0.25) is 5.91 Å². The van der Waals surface area contributed by atoms with Crippen molar-refractivity contribution in [2.75, 3.05) is 5.32 Å². The number of fused-ring (bicyclic) bond motifs is 3. The Morgan fingerprint density at radius 2 is 2.08 bits per heavy atom. The van der Waals surface area contributed by atoms with Gasteiger partial charge in [-0.3, -0.25) is 4.79 Å². The van der Waals surface area contributed by atoms with Gasteiger partial charge >= 0.3 is 0 Å². The number of halogens is 1. The number of amides is 1. The number of anilines is 1. The third-order valence-corrected chi connectivity index (χ3v) is 4.87. The lowest BCUT2D eigenvalue weighted by Gasteiger charge is -2.21. The number of carbonyl (C=O) groups excluding carboxylic acids is 1. The molecule has 0 radical (unpaired) electrons. The molecule has 0 spiro atoms. The van der Waals surface area contributed by atoms with Crippen LogP contribution in [-0.4, -0.2) is 15.3 Å². The molecule has 3 aromatic rings. The van der Waals surface area contributed by atoms with Gasteiger partial charge < -0.3 is 9.72 Å². The summed E-state index contributed by atoms with van der Waals surface area (Å²) >= 11 is 5.88. The van der Waals surface area contributed by atoms with Crippen molar-refractivity contribution >= 4 is 28.8 Å². The van der Waals surface area contributed by atoms with Crippen molar-refractivity contribution in [3.8, 4) is 0 Å². The van der Waals surface area contributed by atoms with Crippen molar-refractivity contribution in [3.63, 3.8) is 0 Å². The van der Waals surface area contributed by atoms with Crippen LogP contribution in [0.4, 0.5) is 5.69 Å². The minimum atomic E-state index is -0.0330. The number of nitrogens with one attached hydrogen (secondary N) is 1. The fourth-order valence-corrected chi connectivity index (χ4v) is 3.44. The Balaban J connectivity index is 1.56. The molecular formula is C19H18ClN3O. The number of aryl methyl sites for hydroxylation is 2. The van der Waals surface area contributed by atoms with Gasteiger partial charge in [-0.05, 0) is 61.7 Å². The van der Waals surface area contributed by atoms with E-state index < -0.39 is 0 Å². The zero-order chi connectivity index (χ0) is 16.7. The van der Waals surface area contributed by atoms with E-state index in [0.29, 0.717) is 5.02 Å². The summed E-state index contributed by atoms with van der Waals surface area (Å²) in [5.41, 5.74) is 5.23. The molecule has 2 aromatic heterocycles. The quantitative estimate of drug-likeness (QED) is 0.766. The molecular weight excluding hydrogens is 322 g/mol. The van der Waals surface area contributed by atoms with Gasteiger partial charge in [0.05, 0.1) is 5.69 Å². The number of nitrogens with zero attached hydrogens (tertiary/aromatic N) is 2. The predicted molar refractivity (Wildman–Crippen MR) is 95.5 cm³/mol. The lowest BCUT2D eigenvalue weighted by atomic mass is 9.89. The highest BCUT2D eigenvalue weighted by Gasteiger charge is 2.28. The first-order valence-electron chi connectivity index (χ1n) is 8.13. The number of hydrogen-bond acceptors (Lipinski definition) is 2. The first-order chi connectivity index (χ1) is 11.6. The Hall–Kier alpha value is -2.33. The van der Waals surface area contributed by atoms with Crippen molar-refractivity contribution < 1.29 is 4.79 Å². The fraction of sp³-hybridized carbons (Fsp3) is 0.263. The highest BCUT2D eigenvalue weighted by atomic mass is 35.5. The van der Waals surface area contributed by atoms with Gasteiger partial charge in [-0.1, -0.05) is 11.6 Å². The van der Waals surface area contributed by atoms with E-state index in [0.717, 1.165) is 42.0 Å². The lowest BCUT2D eigenvalue weighted by molar-refractivity contribution is -0.120. The Bertz CT molecular complexity index is 914. The lowest BCUT2D eigenvalue weighted by Crippen LogP contribution is -2.28. The van der Waals surface area contributed by atoms with Crippen LogP contribution in [-0.2, 0) is 17.6 Å². The Morgan fingerprint density at radius 1 is 1.29 bits per heavy atom. The van der Waals surface area contributed by atoms with E-state index in [1.165, 1.54) is 5.56 Å². The molecule has 1 aliphatic carbocycles. The van der Waals surface area contributed by atoms with Crippen molar-refractivity contribution in [1.29, 1.82) is 0 Å². The molecule has 1 N–H and O–H groups in total. The summed E-state index contributed by atoms with van der Waals surface area (Å²) in [4.78, 5) is 17.3. The number of carbonyl (C=O) groups is 1. The summed E-state index contributed by atoms with van der Waals surface area (Å²) in [5.74, 6) is 0.0272. The first kappa shape index (κ1) is 15.2. The second-order valence-corrected chi connectivity index (χ2v) is 6.81. The molecule has 0 bridgehead atoms. The molecule has 1 atom stereocenters. The summed E-state index contributed by atoms with van der Waals surface area (Å²) in [6.07, 6.45) is 4.44. The Morgan fingerprint density at radius 3 is 2.88 bits per heavy atom. The molecule has 0 saturated heterocycles. The Labute approximate surface area is 145 Å². The highest BCUT2D eigenvalue weighted by Crippen LogP contribution is 2.27. The average molecular weight is 340 g/mol. The molecule has 122 valence electrons. The zero-order valence-corrected chi connectivity index (χ0v) is 14.2. The summed E-state index contributed by atoms with van der Waals surface area (Å²) in [7, 11) is 0. The van der Waals surface area contributed by atoms with Crippen molar-refractivity contribution in [3.05, 3.63) is 64.6 Å². The van der Waals surface area contributed by atoms with Gasteiger partial charge in [0.15, 0.2) is 0 Å². The normalized spacial score (nSPS) is 16.8. The van der Waals surface area contributed by atoms with Crippen LogP contribution in [0.15, 0.2) is 42.6 Å². The number of imidazole rings is 1. The molecule has 0 saturated carbocycles. The van der Waals surface area contributed by atoms with E-state index in [1.54, 1.807) is 12.1 Å². The van der Waals surface area contributed by atoms with Gasteiger partial charge in [-0.2, -0.15) is 0 Å². The number of hydrogen-bond donors (Lipinski definition) is 1. The molecule has 1 amide bonds. The molecule has 4 rings (SSSR count). The van der Waals surface area contributed by atoms with Gasteiger partial charge in [0, 0.05) is 34.9 Å². The zero-order valence-electron chi connectivity index (χ0n) is 13.4. The minimum Gasteiger partial charge on any atom is -0.326 e. The van der Waals surface area contributed by atoms with Crippen LogP contribution in [0.1, 0.15) is 23.4 Å². The third-order valence-electron chi connectivity index (χ3n) is 4.62. The fourth-order valence-electron chi connectivity index (χ4n) is 3.31. The average Bonchev–Trinajstić information content (AvgIpc) is 2.93. The Kier molecular flexibility index (Phi) is 3.77. The number of rotatable bonds is 2. The van der Waals surface area contributed by atoms with Gasteiger partial charge in [0.25, 0.3) is 0 Å². The molecule has 5 heteroatoms. The van der Waals surface area contributed by atoms with Crippen LogP contribution < -0.4 is 5.32 Å². The van der Waals surface area contributed by atoms with Crippen molar-refractivity contribution in [1.82, 2.24) is 9.38 Å². The summed E-state index contributed by atoms with van der Waals surface area (Å²) in [6, 6.07) is 11.4. The molecule has 1 aromatic carbocycles.